The fourth-order valence-electron chi connectivity index (χ4n) is 3.50. The Morgan fingerprint density at radius 1 is 1.53 bits per heavy atom. The molecule has 1 aromatic carbocycles. The number of nitrogens with zero attached hydrogens (tertiary/aromatic N) is 3. The molecule has 7 nitrogen and oxygen atoms in total. The summed E-state index contributed by atoms with van der Waals surface area (Å²) in [4.78, 5) is 41.7. The lowest BCUT2D eigenvalue weighted by atomic mass is 9.98. The number of fused-ring (bicyclic) bond motifs is 1. The van der Waals surface area contributed by atoms with Gasteiger partial charge in [-0.15, -0.1) is 6.42 Å². The lowest BCUT2D eigenvalue weighted by molar-refractivity contribution is -0.134. The highest BCUT2D eigenvalue weighted by Gasteiger charge is 2.44. The minimum Gasteiger partial charge on any atom is -0.475 e. The summed E-state index contributed by atoms with van der Waals surface area (Å²) < 4.78 is 20.8. The van der Waals surface area contributed by atoms with Gasteiger partial charge in [-0.05, 0) is 26.5 Å². The minimum atomic E-state index is -1.18. The number of halogens is 1. The summed E-state index contributed by atoms with van der Waals surface area (Å²) in [5.41, 5.74) is -1.19. The summed E-state index contributed by atoms with van der Waals surface area (Å²) in [6.45, 7) is 4.04. The van der Waals surface area contributed by atoms with E-state index in [4.69, 9.17) is 11.2 Å². The molecule has 9 heteroatoms. The molecule has 1 saturated heterocycles. The van der Waals surface area contributed by atoms with E-state index in [-0.39, 0.29) is 29.6 Å². The zero-order chi connectivity index (χ0) is 22.1. The number of thioether (sulfide) groups is 1. The summed E-state index contributed by atoms with van der Waals surface area (Å²) >= 11 is 1.60. The lowest BCUT2D eigenvalue weighted by Crippen LogP contribution is -2.54. The molecule has 30 heavy (non-hydrogen) atoms. The van der Waals surface area contributed by atoms with Crippen LogP contribution in [0.2, 0.25) is 0 Å². The van der Waals surface area contributed by atoms with E-state index < -0.39 is 23.4 Å². The number of rotatable bonds is 5. The fraction of sp³-hybridized carbons (Fsp3) is 0.476. The average molecular weight is 434 g/mol. The number of hydrogen-bond acceptors (Lipinski definition) is 6. The zero-order valence-corrected chi connectivity index (χ0v) is 18.0. The predicted molar refractivity (Wildman–Crippen MR) is 114 cm³/mol. The maximum atomic E-state index is 15.0. The molecule has 2 heterocycles. The van der Waals surface area contributed by atoms with Crippen molar-refractivity contribution in [2.75, 3.05) is 41.4 Å². The van der Waals surface area contributed by atoms with Crippen LogP contribution in [0.15, 0.2) is 12.1 Å². The molecule has 3 rings (SSSR count). The van der Waals surface area contributed by atoms with E-state index in [2.05, 4.69) is 5.92 Å². The second kappa shape index (κ2) is 8.66. The maximum Gasteiger partial charge on any atom is 0.271 e. The van der Waals surface area contributed by atoms with Gasteiger partial charge in [0.05, 0.1) is 24.0 Å². The first-order chi connectivity index (χ1) is 14.3. The number of amides is 3. The molecule has 0 spiro atoms. The number of anilines is 2. The smallest absolute Gasteiger partial charge is 0.271 e. The minimum absolute atomic E-state index is 0.0487. The molecule has 0 aliphatic carbocycles. The molecule has 0 radical (unpaired) electrons. The molecule has 1 aromatic rings. The van der Waals surface area contributed by atoms with E-state index >= 15 is 4.39 Å². The lowest BCUT2D eigenvalue weighted by Gasteiger charge is -2.40. The third-order valence-electron chi connectivity index (χ3n) is 5.56. The van der Waals surface area contributed by atoms with Crippen LogP contribution in [0.25, 0.3) is 0 Å². The van der Waals surface area contributed by atoms with Crippen molar-refractivity contribution < 1.29 is 23.5 Å². The van der Waals surface area contributed by atoms with Gasteiger partial charge in [0.15, 0.2) is 11.4 Å². The van der Waals surface area contributed by atoms with Crippen LogP contribution in [0.5, 0.6) is 5.75 Å². The van der Waals surface area contributed by atoms with Crippen molar-refractivity contribution in [1.29, 1.82) is 0 Å². The van der Waals surface area contributed by atoms with Crippen LogP contribution in [0, 0.1) is 18.2 Å². The molecule has 0 bridgehead atoms. The number of hydrogen-bond donors (Lipinski definition) is 0. The first kappa shape index (κ1) is 22.1. The van der Waals surface area contributed by atoms with Gasteiger partial charge in [-0.2, -0.15) is 11.8 Å². The van der Waals surface area contributed by atoms with Crippen LogP contribution in [-0.2, 0) is 14.4 Å². The van der Waals surface area contributed by atoms with Crippen molar-refractivity contribution in [3.63, 3.8) is 0 Å². The van der Waals surface area contributed by atoms with E-state index in [0.717, 1.165) is 16.7 Å². The Hall–Kier alpha value is -2.57. The fourth-order valence-corrected chi connectivity index (χ4v) is 4.70. The Bertz CT molecular complexity index is 918. The molecule has 2 aliphatic heterocycles. The Morgan fingerprint density at radius 3 is 2.87 bits per heavy atom. The van der Waals surface area contributed by atoms with Crippen LogP contribution >= 0.6 is 11.8 Å². The van der Waals surface area contributed by atoms with Crippen LogP contribution < -0.4 is 14.5 Å². The van der Waals surface area contributed by atoms with Crippen LogP contribution in [-0.4, -0.2) is 66.4 Å². The van der Waals surface area contributed by atoms with Crippen molar-refractivity contribution in [2.45, 2.75) is 31.9 Å². The number of carbonyl (C=O) groups excluding carboxylic acids is 3. The number of ether oxygens (including phenoxy) is 1. The molecule has 0 N–H and O–H groups in total. The van der Waals surface area contributed by atoms with E-state index in [1.165, 1.54) is 11.0 Å². The topological polar surface area (TPSA) is 70.2 Å². The van der Waals surface area contributed by atoms with Crippen molar-refractivity contribution in [2.24, 2.45) is 0 Å². The van der Waals surface area contributed by atoms with E-state index in [9.17, 15) is 14.4 Å². The summed E-state index contributed by atoms with van der Waals surface area (Å²) in [6, 6.07) is 1.82. The van der Waals surface area contributed by atoms with Gasteiger partial charge in [-0.25, -0.2) is 9.29 Å². The number of carbonyl (C=O) groups is 3. The van der Waals surface area contributed by atoms with Gasteiger partial charge in [0.25, 0.3) is 11.8 Å². The maximum absolute atomic E-state index is 15.0. The standard InChI is InChI=1S/C21H24FN3O4S/c1-5-7-24-16-11-15(14(22)10-18(16)29-21(3,6-2)20(24)28)25(13-26)19(27)17-12-30-9-8-23(17)4/h1,10-11,13,17H,6-9,12H2,2-4H3. The summed E-state index contributed by atoms with van der Waals surface area (Å²) in [5.74, 6) is 2.27. The first-order valence-electron chi connectivity index (χ1n) is 9.61. The molecule has 0 aromatic heterocycles. The van der Waals surface area contributed by atoms with Gasteiger partial charge in [-0.1, -0.05) is 12.8 Å². The molecular weight excluding hydrogens is 409 g/mol. The number of likely N-dealkylation sites (N-methyl/N-ethyl adjacent to an activating group) is 1. The zero-order valence-electron chi connectivity index (χ0n) is 17.2. The van der Waals surface area contributed by atoms with Crippen molar-refractivity contribution in [3.05, 3.63) is 17.9 Å². The highest BCUT2D eigenvalue weighted by molar-refractivity contribution is 7.99. The first-order valence-corrected chi connectivity index (χ1v) is 10.8. The molecule has 160 valence electrons. The number of imide groups is 1. The van der Waals surface area contributed by atoms with E-state index in [0.29, 0.717) is 25.1 Å². The molecule has 2 atom stereocenters. The Morgan fingerprint density at radius 2 is 2.27 bits per heavy atom. The van der Waals surface area contributed by atoms with Crippen molar-refractivity contribution in [3.8, 4) is 18.1 Å². The third kappa shape index (κ3) is 3.77. The van der Waals surface area contributed by atoms with Crippen LogP contribution in [0.1, 0.15) is 20.3 Å². The van der Waals surface area contributed by atoms with Gasteiger partial charge in [0, 0.05) is 24.1 Å². The van der Waals surface area contributed by atoms with Crippen molar-refractivity contribution >= 4 is 41.4 Å². The van der Waals surface area contributed by atoms with Gasteiger partial charge >= 0.3 is 0 Å². The van der Waals surface area contributed by atoms with Gasteiger partial charge in [-0.3, -0.25) is 24.2 Å². The highest BCUT2D eigenvalue weighted by atomic mass is 32.2. The molecule has 0 saturated carbocycles. The normalized spacial score (nSPS) is 23.9. The Kier molecular flexibility index (Phi) is 6.38. The van der Waals surface area contributed by atoms with E-state index in [1.807, 2.05) is 4.90 Å². The summed E-state index contributed by atoms with van der Waals surface area (Å²) in [5, 5.41) is 0. The highest BCUT2D eigenvalue weighted by Crippen LogP contribution is 2.42. The molecular formula is C21H24FN3O4S. The van der Waals surface area contributed by atoms with Crippen LogP contribution in [0.4, 0.5) is 15.8 Å². The average Bonchev–Trinajstić information content (AvgIpc) is 2.73. The number of benzene rings is 1. The second-order valence-corrected chi connectivity index (χ2v) is 8.59. The van der Waals surface area contributed by atoms with Crippen molar-refractivity contribution in [1.82, 2.24) is 4.90 Å². The van der Waals surface area contributed by atoms with E-state index in [1.54, 1.807) is 32.7 Å². The monoisotopic (exact) mass is 433 g/mol. The second-order valence-electron chi connectivity index (χ2n) is 7.44. The SMILES string of the molecule is C#CCN1C(=O)C(C)(CC)Oc2cc(F)c(N(C=O)C(=O)C3CSCCN3C)cc21. The van der Waals surface area contributed by atoms with Crippen LogP contribution in [0.3, 0.4) is 0 Å². The predicted octanol–water partition coefficient (Wildman–Crippen LogP) is 1.89. The van der Waals surface area contributed by atoms with Gasteiger partial charge < -0.3 is 4.74 Å². The third-order valence-corrected chi connectivity index (χ3v) is 6.58. The Balaban J connectivity index is 2.05. The quantitative estimate of drug-likeness (QED) is 0.522. The number of terminal acetylenes is 1. The van der Waals surface area contributed by atoms with Gasteiger partial charge in [0.1, 0.15) is 5.75 Å². The molecule has 1 fully saturated rings. The Labute approximate surface area is 179 Å². The summed E-state index contributed by atoms with van der Waals surface area (Å²) in [6.07, 6.45) is 6.10. The van der Waals surface area contributed by atoms with Gasteiger partial charge in [0.2, 0.25) is 6.41 Å². The largest absolute Gasteiger partial charge is 0.475 e. The summed E-state index contributed by atoms with van der Waals surface area (Å²) in [7, 11) is 1.79. The molecule has 3 amide bonds. The molecule has 2 unspecified atom stereocenters. The molecule has 2 aliphatic rings.